The maximum Gasteiger partial charge on any atom is 0.243 e. The third-order valence-electron chi connectivity index (χ3n) is 4.39. The fourth-order valence-electron chi connectivity index (χ4n) is 2.90. The fraction of sp³-hybridized carbons (Fsp3) is 0.333. The zero-order chi connectivity index (χ0) is 18.0. The van der Waals surface area contributed by atoms with Crippen molar-refractivity contribution in [2.75, 3.05) is 24.7 Å². The molecule has 2 heterocycles. The van der Waals surface area contributed by atoms with Crippen molar-refractivity contribution in [1.29, 1.82) is 5.26 Å². The number of nitrogens with zero attached hydrogens (tertiary/aromatic N) is 3. The highest BCUT2D eigenvalue weighted by atomic mass is 32.2. The van der Waals surface area contributed by atoms with Gasteiger partial charge in [-0.25, -0.2) is 0 Å². The van der Waals surface area contributed by atoms with Gasteiger partial charge in [0, 0.05) is 23.6 Å². The van der Waals surface area contributed by atoms with E-state index in [-0.39, 0.29) is 30.0 Å². The largest absolute Gasteiger partial charge is 0.508 e. The molecule has 1 saturated heterocycles. The van der Waals surface area contributed by atoms with Gasteiger partial charge in [-0.3, -0.25) is 4.79 Å². The first kappa shape index (κ1) is 17.2. The predicted octanol–water partition coefficient (Wildman–Crippen LogP) is 2.13. The van der Waals surface area contributed by atoms with Crippen LogP contribution in [0.4, 0.5) is 0 Å². The van der Waals surface area contributed by atoms with Crippen LogP contribution in [0.2, 0.25) is 0 Å². The van der Waals surface area contributed by atoms with E-state index in [2.05, 4.69) is 6.07 Å². The van der Waals surface area contributed by atoms with E-state index in [1.54, 1.807) is 16.7 Å². The molecule has 2 N–H and O–H groups in total. The highest BCUT2D eigenvalue weighted by Gasteiger charge is 2.30. The summed E-state index contributed by atoms with van der Waals surface area (Å²) >= 11 is 1.58. The third kappa shape index (κ3) is 3.59. The molecule has 7 heteroatoms. The van der Waals surface area contributed by atoms with E-state index in [1.165, 1.54) is 18.2 Å². The summed E-state index contributed by atoms with van der Waals surface area (Å²) in [6.45, 7) is 2.55. The summed E-state index contributed by atoms with van der Waals surface area (Å²) in [6, 6.07) is 6.20. The Labute approximate surface area is 150 Å². The second-order valence-electron chi connectivity index (χ2n) is 6.07. The van der Waals surface area contributed by atoms with Crippen molar-refractivity contribution in [3.63, 3.8) is 0 Å². The summed E-state index contributed by atoms with van der Waals surface area (Å²) in [6.07, 6.45) is 3.77. The molecular weight excluding hydrogens is 338 g/mol. The molecule has 0 unspecified atom stereocenters. The minimum atomic E-state index is -0.364. The van der Waals surface area contributed by atoms with E-state index in [0.29, 0.717) is 23.7 Å². The normalized spacial score (nSPS) is 20.1. The molecule has 0 spiro atoms. The van der Waals surface area contributed by atoms with Crippen LogP contribution in [0.15, 0.2) is 36.0 Å². The zero-order valence-corrected chi connectivity index (χ0v) is 14.7. The van der Waals surface area contributed by atoms with Crippen LogP contribution < -0.4 is 0 Å². The van der Waals surface area contributed by atoms with Crippen molar-refractivity contribution in [3.8, 4) is 17.6 Å². The van der Waals surface area contributed by atoms with Crippen LogP contribution in [0.25, 0.3) is 5.57 Å². The van der Waals surface area contributed by atoms with E-state index in [1.807, 2.05) is 24.0 Å². The summed E-state index contributed by atoms with van der Waals surface area (Å²) in [5.41, 5.74) is 2.31. The van der Waals surface area contributed by atoms with Crippen molar-refractivity contribution in [2.24, 2.45) is 0 Å². The lowest BCUT2D eigenvalue weighted by Crippen LogP contribution is -2.43. The van der Waals surface area contributed by atoms with Crippen LogP contribution in [-0.4, -0.2) is 56.7 Å². The molecule has 1 atom stereocenters. The maximum atomic E-state index is 12.6. The summed E-state index contributed by atoms with van der Waals surface area (Å²) in [7, 11) is 0. The number of carbonyl (C=O) groups excluding carboxylic acids is 1. The van der Waals surface area contributed by atoms with Gasteiger partial charge < -0.3 is 20.0 Å². The third-order valence-corrected chi connectivity index (χ3v) is 5.40. The molecule has 6 nitrogen and oxygen atoms in total. The first-order valence-electron chi connectivity index (χ1n) is 7.91. The smallest absolute Gasteiger partial charge is 0.243 e. The number of phenolic OH excluding ortho intramolecular Hbond substituents is 2. The minimum absolute atomic E-state index is 0.0774. The van der Waals surface area contributed by atoms with E-state index in [0.717, 1.165) is 11.3 Å². The van der Waals surface area contributed by atoms with Crippen molar-refractivity contribution in [3.05, 3.63) is 41.6 Å². The van der Waals surface area contributed by atoms with Gasteiger partial charge >= 0.3 is 0 Å². The Bertz CT molecular complexity index is 797. The molecule has 1 amide bonds. The fourth-order valence-corrected chi connectivity index (χ4v) is 4.00. The van der Waals surface area contributed by atoms with E-state index >= 15 is 0 Å². The number of carbonyl (C=O) groups is 1. The van der Waals surface area contributed by atoms with Gasteiger partial charge in [-0.15, -0.1) is 11.8 Å². The topological polar surface area (TPSA) is 87.8 Å². The maximum absolute atomic E-state index is 12.6. The second kappa shape index (κ2) is 7.11. The van der Waals surface area contributed by atoms with Crippen LogP contribution in [0.1, 0.15) is 12.5 Å². The molecule has 2 aliphatic rings. The van der Waals surface area contributed by atoms with Gasteiger partial charge in [-0.2, -0.15) is 5.26 Å². The van der Waals surface area contributed by atoms with Gasteiger partial charge in [0.1, 0.15) is 17.5 Å². The van der Waals surface area contributed by atoms with Gasteiger partial charge in [0.15, 0.2) is 0 Å². The number of benzene rings is 1. The van der Waals surface area contributed by atoms with Crippen LogP contribution in [-0.2, 0) is 4.79 Å². The Morgan fingerprint density at radius 3 is 2.96 bits per heavy atom. The Morgan fingerprint density at radius 2 is 2.20 bits per heavy atom. The van der Waals surface area contributed by atoms with Crippen LogP contribution >= 0.6 is 11.8 Å². The van der Waals surface area contributed by atoms with Crippen molar-refractivity contribution in [2.45, 2.75) is 13.0 Å². The van der Waals surface area contributed by atoms with E-state index in [9.17, 15) is 15.0 Å². The van der Waals surface area contributed by atoms with Gasteiger partial charge in [-0.05, 0) is 36.8 Å². The number of allylic oxidation sites excluding steroid dienone is 3. The lowest BCUT2D eigenvalue weighted by molar-refractivity contribution is -0.131. The number of phenols is 2. The number of aromatic hydroxyl groups is 2. The number of hydrogen-bond acceptors (Lipinski definition) is 6. The van der Waals surface area contributed by atoms with Crippen LogP contribution in [0.3, 0.4) is 0 Å². The minimum Gasteiger partial charge on any atom is -0.508 e. The molecule has 25 heavy (non-hydrogen) atoms. The molecule has 130 valence electrons. The molecule has 3 rings (SSSR count). The number of nitriles is 1. The van der Waals surface area contributed by atoms with Crippen LogP contribution in [0.5, 0.6) is 11.5 Å². The highest BCUT2D eigenvalue weighted by Crippen LogP contribution is 2.32. The Hall–Kier alpha value is -2.59. The summed E-state index contributed by atoms with van der Waals surface area (Å²) in [5.74, 6) is 1.28. The van der Waals surface area contributed by atoms with E-state index < -0.39 is 0 Å². The molecule has 1 aromatic carbocycles. The van der Waals surface area contributed by atoms with Gasteiger partial charge in [0.2, 0.25) is 5.91 Å². The Balaban J connectivity index is 1.75. The first-order chi connectivity index (χ1) is 12.0. The average molecular weight is 357 g/mol. The molecule has 0 radical (unpaired) electrons. The first-order valence-corrected chi connectivity index (χ1v) is 9.06. The summed E-state index contributed by atoms with van der Waals surface area (Å²) in [4.78, 5) is 16.1. The monoisotopic (exact) mass is 357 g/mol. The van der Waals surface area contributed by atoms with Gasteiger partial charge in [0.05, 0.1) is 18.5 Å². The lowest BCUT2D eigenvalue weighted by atomic mass is 10.0. The molecule has 0 aromatic heterocycles. The molecule has 1 aromatic rings. The molecule has 2 aliphatic heterocycles. The Morgan fingerprint density at radius 1 is 1.40 bits per heavy atom. The van der Waals surface area contributed by atoms with Crippen molar-refractivity contribution >= 4 is 23.2 Å². The van der Waals surface area contributed by atoms with Gasteiger partial charge in [0.25, 0.3) is 0 Å². The molecule has 0 aliphatic carbocycles. The quantitative estimate of drug-likeness (QED) is 0.806. The molecule has 1 fully saturated rings. The van der Waals surface area contributed by atoms with Gasteiger partial charge in [-0.1, -0.05) is 6.08 Å². The highest BCUT2D eigenvalue weighted by molar-refractivity contribution is 7.99. The zero-order valence-electron chi connectivity index (χ0n) is 13.8. The second-order valence-corrected chi connectivity index (χ2v) is 7.07. The van der Waals surface area contributed by atoms with Crippen molar-refractivity contribution < 1.29 is 15.0 Å². The lowest BCUT2D eigenvalue weighted by Gasteiger charge is -2.31. The number of amides is 1. The average Bonchev–Trinajstić information content (AvgIpc) is 3.08. The number of thioether (sulfide) groups is 1. The number of rotatable bonds is 3. The van der Waals surface area contributed by atoms with E-state index in [4.69, 9.17) is 5.26 Å². The molecular formula is C18H19N3O3S. The summed E-state index contributed by atoms with van der Waals surface area (Å²) < 4.78 is 0. The molecule has 0 bridgehead atoms. The standard InChI is InChI=1S/C18H19N3O3S/c1-12-2-3-13(16-6-15(22)4-5-17(16)23)8-20(12)9-18(24)21-11-25-10-14(21)7-19/h2-6,14,22-23H,8-11H2,1H3/t14-/m1/s1. The predicted molar refractivity (Wildman–Crippen MR) is 96.7 cm³/mol. The Kier molecular flexibility index (Phi) is 4.91. The molecule has 0 saturated carbocycles. The number of hydrogen-bond donors (Lipinski definition) is 2. The van der Waals surface area contributed by atoms with Crippen LogP contribution in [0, 0.1) is 11.3 Å². The SMILES string of the molecule is CC1=CC=C(c2cc(O)ccc2O)CN1CC(=O)N1CSC[C@H]1C#N. The summed E-state index contributed by atoms with van der Waals surface area (Å²) in [5, 5.41) is 28.9. The van der Waals surface area contributed by atoms with Crippen molar-refractivity contribution in [1.82, 2.24) is 9.80 Å².